The largest absolute Gasteiger partial charge is 0.491 e. The first-order chi connectivity index (χ1) is 8.54. The van der Waals surface area contributed by atoms with Crippen LogP contribution in [0.2, 0.25) is 0 Å². The summed E-state index contributed by atoms with van der Waals surface area (Å²) in [5.41, 5.74) is 7.95. The van der Waals surface area contributed by atoms with Crippen LogP contribution in [0.3, 0.4) is 0 Å². The number of anilines is 1. The highest BCUT2D eigenvalue weighted by atomic mass is 16.5. The van der Waals surface area contributed by atoms with Crippen LogP contribution in [-0.2, 0) is 6.54 Å². The number of nitrogens with two attached hydrogens (primary N) is 1. The van der Waals surface area contributed by atoms with Gasteiger partial charge in [0.2, 0.25) is 0 Å². The molecular formula is C14H19N3O. The molecule has 0 fully saturated rings. The van der Waals surface area contributed by atoms with E-state index in [2.05, 4.69) is 5.10 Å². The minimum atomic E-state index is 0.195. The van der Waals surface area contributed by atoms with Crippen molar-refractivity contribution in [1.82, 2.24) is 9.78 Å². The molecule has 0 atom stereocenters. The SMILES string of the molecule is Cc1cc(N)n(Cc2ccc(OC(C)C)cc2)n1. The van der Waals surface area contributed by atoms with E-state index in [0.717, 1.165) is 17.0 Å². The van der Waals surface area contributed by atoms with Gasteiger partial charge in [0.05, 0.1) is 18.3 Å². The molecule has 0 bridgehead atoms. The zero-order chi connectivity index (χ0) is 13.1. The molecule has 2 N–H and O–H groups in total. The average molecular weight is 245 g/mol. The van der Waals surface area contributed by atoms with Crippen LogP contribution in [0.25, 0.3) is 0 Å². The number of hydrogen-bond acceptors (Lipinski definition) is 3. The molecule has 1 aromatic heterocycles. The van der Waals surface area contributed by atoms with Crippen LogP contribution < -0.4 is 10.5 Å². The van der Waals surface area contributed by atoms with E-state index >= 15 is 0 Å². The second-order valence-corrected chi connectivity index (χ2v) is 4.68. The van der Waals surface area contributed by atoms with Gasteiger partial charge in [-0.25, -0.2) is 4.68 Å². The molecule has 1 aromatic carbocycles. The van der Waals surface area contributed by atoms with Crippen LogP contribution in [0.15, 0.2) is 30.3 Å². The first-order valence-electron chi connectivity index (χ1n) is 6.10. The number of nitrogen functional groups attached to an aromatic ring is 1. The Bertz CT molecular complexity index is 514. The molecular weight excluding hydrogens is 226 g/mol. The lowest BCUT2D eigenvalue weighted by molar-refractivity contribution is 0.242. The fourth-order valence-electron chi connectivity index (χ4n) is 1.81. The number of hydrogen-bond donors (Lipinski definition) is 1. The molecule has 0 unspecified atom stereocenters. The number of ether oxygens (including phenoxy) is 1. The number of benzene rings is 1. The summed E-state index contributed by atoms with van der Waals surface area (Å²) >= 11 is 0. The smallest absolute Gasteiger partial charge is 0.122 e. The van der Waals surface area contributed by atoms with Crippen molar-refractivity contribution in [3.63, 3.8) is 0 Å². The maximum atomic E-state index is 5.86. The number of aromatic nitrogens is 2. The summed E-state index contributed by atoms with van der Waals surface area (Å²) in [6.45, 7) is 6.65. The fourth-order valence-corrected chi connectivity index (χ4v) is 1.81. The third-order valence-corrected chi connectivity index (χ3v) is 2.56. The quantitative estimate of drug-likeness (QED) is 0.900. The minimum absolute atomic E-state index is 0.195. The standard InChI is InChI=1S/C14H19N3O/c1-10(2)18-13-6-4-12(5-7-13)9-17-14(15)8-11(3)16-17/h4-8,10H,9,15H2,1-3H3. The second-order valence-electron chi connectivity index (χ2n) is 4.68. The van der Waals surface area contributed by atoms with E-state index in [-0.39, 0.29) is 6.10 Å². The Kier molecular flexibility index (Phi) is 3.55. The van der Waals surface area contributed by atoms with Crippen molar-refractivity contribution >= 4 is 5.82 Å². The zero-order valence-electron chi connectivity index (χ0n) is 11.1. The third kappa shape index (κ3) is 3.03. The molecule has 0 amide bonds. The minimum Gasteiger partial charge on any atom is -0.491 e. The first kappa shape index (κ1) is 12.5. The summed E-state index contributed by atoms with van der Waals surface area (Å²) in [6.07, 6.45) is 0.195. The molecule has 2 rings (SSSR count). The summed E-state index contributed by atoms with van der Waals surface area (Å²) in [7, 11) is 0. The maximum absolute atomic E-state index is 5.86. The Labute approximate surface area is 107 Å². The van der Waals surface area contributed by atoms with Gasteiger partial charge in [0, 0.05) is 6.07 Å². The Morgan fingerprint density at radius 3 is 2.44 bits per heavy atom. The van der Waals surface area contributed by atoms with Gasteiger partial charge in [-0.1, -0.05) is 12.1 Å². The molecule has 0 saturated heterocycles. The molecule has 1 heterocycles. The molecule has 0 saturated carbocycles. The Hall–Kier alpha value is -1.97. The first-order valence-corrected chi connectivity index (χ1v) is 6.10. The van der Waals surface area contributed by atoms with E-state index < -0.39 is 0 Å². The lowest BCUT2D eigenvalue weighted by Crippen LogP contribution is -2.07. The normalized spacial score (nSPS) is 10.9. The summed E-state index contributed by atoms with van der Waals surface area (Å²) in [5, 5.41) is 4.34. The molecule has 4 heteroatoms. The van der Waals surface area contributed by atoms with Gasteiger partial charge in [-0.3, -0.25) is 0 Å². The van der Waals surface area contributed by atoms with Crippen LogP contribution >= 0.6 is 0 Å². The van der Waals surface area contributed by atoms with Crippen molar-refractivity contribution in [3.8, 4) is 5.75 Å². The highest BCUT2D eigenvalue weighted by molar-refractivity contribution is 5.33. The van der Waals surface area contributed by atoms with Crippen LogP contribution in [0.1, 0.15) is 25.1 Å². The Morgan fingerprint density at radius 2 is 1.94 bits per heavy atom. The summed E-state index contributed by atoms with van der Waals surface area (Å²) in [4.78, 5) is 0. The Morgan fingerprint density at radius 1 is 1.28 bits per heavy atom. The van der Waals surface area contributed by atoms with Gasteiger partial charge in [0.15, 0.2) is 0 Å². The van der Waals surface area contributed by atoms with Crippen LogP contribution in [0.4, 0.5) is 5.82 Å². The van der Waals surface area contributed by atoms with Crippen molar-refractivity contribution in [1.29, 1.82) is 0 Å². The van der Waals surface area contributed by atoms with Crippen molar-refractivity contribution in [2.24, 2.45) is 0 Å². The molecule has 0 spiro atoms. The van der Waals surface area contributed by atoms with E-state index in [1.54, 1.807) is 4.68 Å². The van der Waals surface area contributed by atoms with Gasteiger partial charge in [-0.15, -0.1) is 0 Å². The van der Waals surface area contributed by atoms with Crippen molar-refractivity contribution in [2.45, 2.75) is 33.4 Å². The number of aryl methyl sites for hydroxylation is 1. The molecule has 2 aromatic rings. The van der Waals surface area contributed by atoms with Crippen molar-refractivity contribution < 1.29 is 4.74 Å². The van der Waals surface area contributed by atoms with E-state index in [1.165, 1.54) is 0 Å². The lowest BCUT2D eigenvalue weighted by atomic mass is 10.2. The van der Waals surface area contributed by atoms with E-state index in [4.69, 9.17) is 10.5 Å². The van der Waals surface area contributed by atoms with Crippen LogP contribution in [0, 0.1) is 6.92 Å². The lowest BCUT2D eigenvalue weighted by Gasteiger charge is -2.10. The highest BCUT2D eigenvalue weighted by Crippen LogP contribution is 2.15. The zero-order valence-corrected chi connectivity index (χ0v) is 11.1. The Balaban J connectivity index is 2.08. The summed E-state index contributed by atoms with van der Waals surface area (Å²) < 4.78 is 7.40. The third-order valence-electron chi connectivity index (χ3n) is 2.56. The summed E-state index contributed by atoms with van der Waals surface area (Å²) in [5.74, 6) is 1.58. The van der Waals surface area contributed by atoms with E-state index in [1.807, 2.05) is 51.1 Å². The van der Waals surface area contributed by atoms with Crippen LogP contribution in [-0.4, -0.2) is 15.9 Å². The predicted octanol–water partition coefficient (Wildman–Crippen LogP) is 2.61. The highest BCUT2D eigenvalue weighted by Gasteiger charge is 2.03. The van der Waals surface area contributed by atoms with Gasteiger partial charge in [-0.05, 0) is 38.5 Å². The maximum Gasteiger partial charge on any atom is 0.122 e. The molecule has 0 aliphatic heterocycles. The average Bonchev–Trinajstić information content (AvgIpc) is 2.59. The molecule has 0 aliphatic rings. The van der Waals surface area contributed by atoms with Crippen LogP contribution in [0.5, 0.6) is 5.75 Å². The summed E-state index contributed by atoms with van der Waals surface area (Å²) in [6, 6.07) is 9.89. The topological polar surface area (TPSA) is 53.1 Å². The monoisotopic (exact) mass is 245 g/mol. The van der Waals surface area contributed by atoms with E-state index in [9.17, 15) is 0 Å². The van der Waals surface area contributed by atoms with Gasteiger partial charge in [0.25, 0.3) is 0 Å². The van der Waals surface area contributed by atoms with Gasteiger partial charge in [0.1, 0.15) is 11.6 Å². The molecule has 4 nitrogen and oxygen atoms in total. The predicted molar refractivity (Wildman–Crippen MR) is 72.7 cm³/mol. The number of rotatable bonds is 4. The fraction of sp³-hybridized carbons (Fsp3) is 0.357. The van der Waals surface area contributed by atoms with Gasteiger partial charge < -0.3 is 10.5 Å². The number of nitrogens with zero attached hydrogens (tertiary/aromatic N) is 2. The van der Waals surface area contributed by atoms with Gasteiger partial charge in [-0.2, -0.15) is 5.10 Å². The molecule has 0 aliphatic carbocycles. The van der Waals surface area contributed by atoms with Gasteiger partial charge >= 0.3 is 0 Å². The molecule has 18 heavy (non-hydrogen) atoms. The molecule has 0 radical (unpaired) electrons. The van der Waals surface area contributed by atoms with Crippen molar-refractivity contribution in [2.75, 3.05) is 5.73 Å². The van der Waals surface area contributed by atoms with E-state index in [0.29, 0.717) is 12.4 Å². The van der Waals surface area contributed by atoms with Crippen molar-refractivity contribution in [3.05, 3.63) is 41.6 Å². The second kappa shape index (κ2) is 5.12. The molecule has 96 valence electrons.